The lowest BCUT2D eigenvalue weighted by Crippen LogP contribution is -2.61. The second kappa shape index (κ2) is 20.1. The first-order chi connectivity index (χ1) is 39.5. The third-order valence-electron chi connectivity index (χ3n) is 17.6. The second-order valence-electron chi connectivity index (χ2n) is 27.5. The van der Waals surface area contributed by atoms with Crippen molar-refractivity contribution in [3.63, 3.8) is 0 Å². The van der Waals surface area contributed by atoms with Gasteiger partial charge in [-0.2, -0.15) is 0 Å². The molecule has 0 spiro atoms. The first-order valence-corrected chi connectivity index (χ1v) is 29.7. The van der Waals surface area contributed by atoms with Gasteiger partial charge in [0.15, 0.2) is 11.5 Å². The minimum absolute atomic E-state index is 0.118. The van der Waals surface area contributed by atoms with E-state index in [1.165, 1.54) is 33.4 Å². The van der Waals surface area contributed by atoms with Crippen molar-refractivity contribution in [2.24, 2.45) is 0 Å². The molecule has 2 heterocycles. The summed E-state index contributed by atoms with van der Waals surface area (Å²) < 4.78 is 0. The van der Waals surface area contributed by atoms with Crippen LogP contribution in [0.5, 0.6) is 28.7 Å². The van der Waals surface area contributed by atoms with Crippen LogP contribution in [0.3, 0.4) is 0 Å². The van der Waals surface area contributed by atoms with Gasteiger partial charge in [-0.1, -0.05) is 208 Å². The van der Waals surface area contributed by atoms with Crippen molar-refractivity contribution in [3.8, 4) is 51.0 Å². The molecule has 0 amide bonds. The fourth-order valence-corrected chi connectivity index (χ4v) is 12.9. The van der Waals surface area contributed by atoms with Gasteiger partial charge in [0.2, 0.25) is 17.2 Å². The third kappa shape index (κ3) is 9.22. The minimum atomic E-state index is -1.03. The third-order valence-corrected chi connectivity index (χ3v) is 17.6. The predicted molar refractivity (Wildman–Crippen MR) is 353 cm³/mol. The number of fused-ring (bicyclic) bond motifs is 7. The Morgan fingerprint density at radius 3 is 1.51 bits per heavy atom. The molecule has 5 N–H and O–H groups in total. The van der Waals surface area contributed by atoms with Crippen molar-refractivity contribution in [3.05, 3.63) is 197 Å². The Morgan fingerprint density at radius 1 is 0.393 bits per heavy atom. The molecule has 84 heavy (non-hydrogen) atoms. The number of hydrogen-bond acceptors (Lipinski definition) is 8. The van der Waals surface area contributed by atoms with E-state index >= 15 is 0 Å². The Balaban J connectivity index is 0.00000364. The Labute approximate surface area is 498 Å². The quantitative estimate of drug-likeness (QED) is 0.0636. The van der Waals surface area contributed by atoms with Crippen molar-refractivity contribution in [1.82, 2.24) is 0 Å². The zero-order chi connectivity index (χ0) is 60.5. The molecule has 0 saturated carbocycles. The van der Waals surface area contributed by atoms with Gasteiger partial charge in [-0.3, -0.25) is 0 Å². The number of hydrogen-bond donors (Lipinski definition) is 5. The van der Waals surface area contributed by atoms with Crippen LogP contribution in [0.1, 0.15) is 144 Å². The first kappa shape index (κ1) is 57.3. The van der Waals surface area contributed by atoms with Gasteiger partial charge in [-0.25, -0.2) is 0 Å². The maximum atomic E-state index is 12.1. The molecule has 0 fully saturated rings. The number of phenols is 5. The van der Waals surface area contributed by atoms with E-state index in [0.29, 0.717) is 11.4 Å². The molecule has 9 heteroatoms. The van der Waals surface area contributed by atoms with Crippen LogP contribution >= 0.6 is 0 Å². The molecule has 428 valence electrons. The van der Waals surface area contributed by atoms with Crippen molar-refractivity contribution < 1.29 is 25.5 Å². The zero-order valence-corrected chi connectivity index (χ0v) is 51.7. The summed E-state index contributed by atoms with van der Waals surface area (Å²) in [4.78, 5) is 6.57. The normalized spacial score (nSPS) is 14.0. The lowest BCUT2D eigenvalue weighted by atomic mass is 9.33. The molecule has 1 aliphatic carbocycles. The van der Waals surface area contributed by atoms with Crippen LogP contribution in [0.4, 0.5) is 51.2 Å². The van der Waals surface area contributed by atoms with Crippen molar-refractivity contribution >= 4 is 74.3 Å². The molecule has 0 aromatic heterocycles. The summed E-state index contributed by atoms with van der Waals surface area (Å²) in [6.45, 7) is 35.1. The number of benzene rings is 9. The maximum absolute atomic E-state index is 12.1. The number of aromatic hydroxyl groups is 5. The Bertz CT molecular complexity index is 4050. The molecule has 2 aliphatic heterocycles. The zero-order valence-electron chi connectivity index (χ0n) is 51.7. The summed E-state index contributed by atoms with van der Waals surface area (Å²) in [6.07, 6.45) is 0. The van der Waals surface area contributed by atoms with E-state index in [4.69, 9.17) is 0 Å². The molecule has 0 saturated heterocycles. The van der Waals surface area contributed by atoms with Gasteiger partial charge in [-0.05, 0) is 155 Å². The van der Waals surface area contributed by atoms with Gasteiger partial charge in [0, 0.05) is 50.8 Å². The summed E-state index contributed by atoms with van der Waals surface area (Å²) in [7, 11) is 0. The Kier molecular flexibility index (Phi) is 13.7. The smallest absolute Gasteiger partial charge is 0.252 e. The minimum Gasteiger partial charge on any atom is -0.503 e. The van der Waals surface area contributed by atoms with Gasteiger partial charge in [0.05, 0.1) is 5.69 Å². The molecular formula is C75H80BN3O5. The van der Waals surface area contributed by atoms with Crippen LogP contribution in [-0.4, -0.2) is 32.2 Å². The van der Waals surface area contributed by atoms with Crippen LogP contribution < -0.4 is 31.1 Å². The fourth-order valence-electron chi connectivity index (χ4n) is 12.9. The molecular weight excluding hydrogens is 1030 g/mol. The van der Waals surface area contributed by atoms with E-state index in [1.54, 1.807) is 4.90 Å². The average Bonchev–Trinajstić information content (AvgIpc) is 0.895. The Morgan fingerprint density at radius 2 is 0.905 bits per heavy atom. The largest absolute Gasteiger partial charge is 0.503 e. The van der Waals surface area contributed by atoms with E-state index in [2.05, 4.69) is 222 Å². The van der Waals surface area contributed by atoms with Crippen molar-refractivity contribution in [2.75, 3.05) is 14.7 Å². The topological polar surface area (TPSA) is 111 Å². The molecule has 12 rings (SSSR count). The maximum Gasteiger partial charge on any atom is 0.252 e. The summed E-state index contributed by atoms with van der Waals surface area (Å²) >= 11 is 0. The number of nitrogens with zero attached hydrogens (tertiary/aromatic N) is 3. The summed E-state index contributed by atoms with van der Waals surface area (Å²) in [6, 6.07) is 58.9. The van der Waals surface area contributed by atoms with Crippen LogP contribution in [0, 0.1) is 0 Å². The van der Waals surface area contributed by atoms with Crippen LogP contribution in [0.15, 0.2) is 164 Å². The highest BCUT2D eigenvalue weighted by Crippen LogP contribution is 2.60. The van der Waals surface area contributed by atoms with Crippen molar-refractivity contribution in [2.45, 2.75) is 138 Å². The second-order valence-corrected chi connectivity index (χ2v) is 27.5. The van der Waals surface area contributed by atoms with Gasteiger partial charge >= 0.3 is 0 Å². The Hall–Kier alpha value is -8.56. The lowest BCUT2D eigenvalue weighted by molar-refractivity contribution is 0.329. The first-order valence-electron chi connectivity index (χ1n) is 29.7. The standard InChI is InChI=1S/C73H74BN3O5.C2H6/c1-69(2,3)43-24-28-47(29-25-43)75-59-41-49(77(63-64(78)66(80)68(82)67(81)65(63)79)57-34-26-44(70(4,5)6)36-51(57)42-20-16-15-17-21-42)31-33-55(59)74-56-37-45(71(7,8)9)27-35-58(56)76(61-39-46(72(10,11)12)38-60(75)62(61)74)48-30-32-54-52(40-48)50-22-18-19-23-53(50)73(54,13)14;1-2/h15-41,78-82H,1-14H3;1-2H3. The molecule has 3 aliphatic rings. The highest BCUT2D eigenvalue weighted by molar-refractivity contribution is 7.00. The SMILES string of the molecule is CC.CC(C)(C)c1ccc(N2c3cc(N(c4ccc(C(C)(C)C)cc4-c4ccccc4)c4c(O)c(O)c(O)c(O)c4O)ccc3B3c4cc(C(C)(C)C)ccc4N(c4ccc5c(c4)-c4ccccc4C5(C)C)c4cc(C(C)(C)C)cc2c43)cc1. The predicted octanol–water partition coefficient (Wildman–Crippen LogP) is 18.0. The molecule has 0 radical (unpaired) electrons. The van der Waals surface area contributed by atoms with Crippen LogP contribution in [0.2, 0.25) is 0 Å². The summed E-state index contributed by atoms with van der Waals surface area (Å²) in [5.41, 5.74) is 20.5. The van der Waals surface area contributed by atoms with Gasteiger partial charge in [0.25, 0.3) is 6.71 Å². The number of phenolic OH excluding ortho intramolecular Hbond substituents is 5. The van der Waals surface area contributed by atoms with Gasteiger partial charge in [0.1, 0.15) is 5.69 Å². The number of rotatable bonds is 6. The fraction of sp³-hybridized carbons (Fsp3) is 0.280. The monoisotopic (exact) mass is 1110 g/mol. The highest BCUT2D eigenvalue weighted by atomic mass is 16.4. The number of anilines is 9. The molecule has 0 atom stereocenters. The molecule has 0 bridgehead atoms. The van der Waals surface area contributed by atoms with Gasteiger partial charge in [-0.15, -0.1) is 0 Å². The molecule has 9 aromatic rings. The highest BCUT2D eigenvalue weighted by Gasteiger charge is 2.46. The van der Waals surface area contributed by atoms with Crippen LogP contribution in [-0.2, 0) is 27.1 Å². The lowest BCUT2D eigenvalue weighted by Gasteiger charge is -2.46. The molecule has 9 aromatic carbocycles. The molecule has 0 unspecified atom stereocenters. The van der Waals surface area contributed by atoms with E-state index in [9.17, 15) is 25.5 Å². The van der Waals surface area contributed by atoms with E-state index in [-0.39, 0.29) is 39.5 Å². The average molecular weight is 1110 g/mol. The van der Waals surface area contributed by atoms with E-state index in [0.717, 1.165) is 72.8 Å². The van der Waals surface area contributed by atoms with Gasteiger partial charge < -0.3 is 40.2 Å². The van der Waals surface area contributed by atoms with E-state index < -0.39 is 28.7 Å². The summed E-state index contributed by atoms with van der Waals surface area (Å²) in [5, 5.41) is 58.0. The van der Waals surface area contributed by atoms with E-state index in [1.807, 2.05) is 62.4 Å². The van der Waals surface area contributed by atoms with Crippen molar-refractivity contribution in [1.29, 1.82) is 0 Å². The summed E-state index contributed by atoms with van der Waals surface area (Å²) in [5.74, 6) is -4.58. The molecule has 8 nitrogen and oxygen atoms in total. The van der Waals surface area contributed by atoms with Crippen LogP contribution in [0.25, 0.3) is 22.3 Å².